The normalized spacial score (nSPS) is 13.1. The van der Waals surface area contributed by atoms with Crippen LogP contribution >= 0.6 is 23.2 Å². The van der Waals surface area contributed by atoms with E-state index in [0.717, 1.165) is 11.1 Å². The van der Waals surface area contributed by atoms with E-state index in [1.165, 1.54) is 0 Å². The second-order valence-electron chi connectivity index (χ2n) is 5.39. The molecular weight excluding hydrogens is 349 g/mol. The highest BCUT2D eigenvalue weighted by molar-refractivity contribution is 6.35. The van der Waals surface area contributed by atoms with Crippen molar-refractivity contribution in [1.82, 2.24) is 5.32 Å². The second kappa shape index (κ2) is 8.15. The molecule has 0 saturated carbocycles. The molecule has 0 spiro atoms. The molecule has 7 heteroatoms. The minimum atomic E-state index is -0.883. The molecule has 0 unspecified atom stereocenters. The molecule has 2 rings (SSSR count). The summed E-state index contributed by atoms with van der Waals surface area (Å²) in [6.07, 6.45) is 0. The Morgan fingerprint density at radius 1 is 1.12 bits per heavy atom. The molecule has 0 heterocycles. The van der Waals surface area contributed by atoms with Gasteiger partial charge < -0.3 is 11.1 Å². The van der Waals surface area contributed by atoms with E-state index in [1.54, 1.807) is 12.1 Å². The van der Waals surface area contributed by atoms with Crippen molar-refractivity contribution >= 4 is 35.1 Å². The van der Waals surface area contributed by atoms with Gasteiger partial charge >= 0.3 is 6.03 Å². The first kappa shape index (κ1) is 18.3. The van der Waals surface area contributed by atoms with E-state index in [2.05, 4.69) is 5.32 Å². The number of carbonyl (C=O) groups excluding carboxylic acids is 2. The third-order valence-electron chi connectivity index (χ3n) is 3.62. The smallest absolute Gasteiger partial charge is 0.319 e. The molecule has 3 amide bonds. The zero-order chi connectivity index (χ0) is 17.7. The molecule has 0 radical (unpaired) electrons. The van der Waals surface area contributed by atoms with Crippen molar-refractivity contribution in [2.24, 2.45) is 5.73 Å². The number of nitrogens with one attached hydrogen (secondary N) is 1. The summed E-state index contributed by atoms with van der Waals surface area (Å²) >= 11 is 12.2. The highest BCUT2D eigenvalue weighted by atomic mass is 35.5. The lowest BCUT2D eigenvalue weighted by molar-refractivity contribution is -0.719. The molecule has 2 aromatic carbocycles. The van der Waals surface area contributed by atoms with Gasteiger partial charge in [-0.3, -0.25) is 10.1 Å². The number of hydrogen-bond acceptors (Lipinski definition) is 2. The van der Waals surface area contributed by atoms with Crippen LogP contribution < -0.4 is 16.4 Å². The maximum Gasteiger partial charge on any atom is 0.319 e. The van der Waals surface area contributed by atoms with E-state index in [9.17, 15) is 9.59 Å². The summed E-state index contributed by atoms with van der Waals surface area (Å²) < 4.78 is 0. The third kappa shape index (κ3) is 4.71. The van der Waals surface area contributed by atoms with Gasteiger partial charge in [-0.1, -0.05) is 59.6 Å². The van der Waals surface area contributed by atoms with Crippen LogP contribution in [0.25, 0.3) is 0 Å². The predicted octanol–water partition coefficient (Wildman–Crippen LogP) is 2.55. The number of halogens is 2. The Morgan fingerprint density at radius 2 is 1.79 bits per heavy atom. The Morgan fingerprint density at radius 3 is 2.38 bits per heavy atom. The fraction of sp³-hybridized carbons (Fsp3) is 0.176. The number of amides is 3. The van der Waals surface area contributed by atoms with Crippen LogP contribution in [0, 0.1) is 0 Å². The predicted molar refractivity (Wildman–Crippen MR) is 93.7 cm³/mol. The fourth-order valence-corrected chi connectivity index (χ4v) is 3.05. The van der Waals surface area contributed by atoms with Gasteiger partial charge in [0.2, 0.25) is 0 Å². The minimum Gasteiger partial charge on any atom is -0.351 e. The third-order valence-corrected chi connectivity index (χ3v) is 4.18. The number of benzene rings is 2. The largest absolute Gasteiger partial charge is 0.351 e. The number of rotatable bonds is 5. The van der Waals surface area contributed by atoms with Crippen molar-refractivity contribution in [3.05, 3.63) is 69.7 Å². The average molecular weight is 367 g/mol. The van der Waals surface area contributed by atoms with E-state index in [1.807, 2.05) is 48.6 Å². The van der Waals surface area contributed by atoms with Crippen LogP contribution in [0.3, 0.4) is 0 Å². The number of quaternary nitrogens is 1. The van der Waals surface area contributed by atoms with Crippen LogP contribution in [0.2, 0.25) is 10.0 Å². The summed E-state index contributed by atoms with van der Waals surface area (Å²) in [4.78, 5) is 23.4. The molecule has 0 aliphatic heterocycles. The molecule has 126 valence electrons. The van der Waals surface area contributed by atoms with Crippen LogP contribution in [0.5, 0.6) is 0 Å². The number of nitrogens with two attached hydrogens (primary N) is 2. The maximum absolute atomic E-state index is 12.4. The molecule has 5 N–H and O–H groups in total. The molecule has 0 saturated heterocycles. The summed E-state index contributed by atoms with van der Waals surface area (Å²) in [7, 11) is 0. The zero-order valence-electron chi connectivity index (χ0n) is 13.0. The number of imide groups is 1. The van der Waals surface area contributed by atoms with Crippen LogP contribution in [-0.2, 0) is 4.79 Å². The molecule has 2 aromatic rings. The van der Waals surface area contributed by atoms with Crippen molar-refractivity contribution in [2.75, 3.05) is 0 Å². The second-order valence-corrected chi connectivity index (χ2v) is 6.23. The monoisotopic (exact) mass is 366 g/mol. The summed E-state index contributed by atoms with van der Waals surface area (Å²) in [5, 5.41) is 5.02. The number of carbonyl (C=O) groups is 2. The lowest BCUT2D eigenvalue weighted by atomic mass is 10.0. The summed E-state index contributed by atoms with van der Waals surface area (Å²) in [6, 6.07) is 12.7. The number of primary amides is 1. The van der Waals surface area contributed by atoms with Gasteiger partial charge in [-0.05, 0) is 19.1 Å². The van der Waals surface area contributed by atoms with Gasteiger partial charge in [0, 0.05) is 16.1 Å². The Bertz CT molecular complexity index is 738. The lowest BCUT2D eigenvalue weighted by Crippen LogP contribution is -2.88. The SMILES string of the molecule is C[C@@H]([NH2+][C@H](C(=O)NC(N)=O)c1ccccc1)c1ccc(Cl)cc1Cl. The molecule has 0 aliphatic carbocycles. The highest BCUT2D eigenvalue weighted by Crippen LogP contribution is 2.25. The molecule has 24 heavy (non-hydrogen) atoms. The Kier molecular flexibility index (Phi) is 6.20. The Hall–Kier alpha value is -2.08. The van der Waals surface area contributed by atoms with Crippen LogP contribution in [0.1, 0.15) is 30.1 Å². The quantitative estimate of drug-likeness (QED) is 0.758. The van der Waals surface area contributed by atoms with Crippen molar-refractivity contribution < 1.29 is 14.9 Å². The minimum absolute atomic E-state index is 0.140. The van der Waals surface area contributed by atoms with Gasteiger partial charge in [0.1, 0.15) is 6.04 Å². The molecule has 0 aliphatic rings. The molecule has 0 bridgehead atoms. The van der Waals surface area contributed by atoms with Crippen LogP contribution in [0.15, 0.2) is 48.5 Å². The maximum atomic E-state index is 12.4. The van der Waals surface area contributed by atoms with Gasteiger partial charge in [-0.2, -0.15) is 0 Å². The average Bonchev–Trinajstić information content (AvgIpc) is 2.52. The van der Waals surface area contributed by atoms with Gasteiger partial charge in [-0.15, -0.1) is 0 Å². The lowest BCUT2D eigenvalue weighted by Gasteiger charge is -2.20. The molecular formula is C17H18Cl2N3O2+. The standard InChI is InChI=1S/C17H17Cl2N3O2/c1-10(13-8-7-12(18)9-14(13)19)21-15(16(23)22-17(20)24)11-5-3-2-4-6-11/h2-10,15,21H,1H3,(H3,20,22,23,24)/p+1/t10-,15+/m1/s1. The van der Waals surface area contributed by atoms with Crippen LogP contribution in [0.4, 0.5) is 4.79 Å². The van der Waals surface area contributed by atoms with Gasteiger partial charge in [0.25, 0.3) is 5.91 Å². The highest BCUT2D eigenvalue weighted by Gasteiger charge is 2.28. The van der Waals surface area contributed by atoms with Crippen molar-refractivity contribution in [3.8, 4) is 0 Å². The zero-order valence-corrected chi connectivity index (χ0v) is 14.5. The first-order valence-corrected chi connectivity index (χ1v) is 8.09. The van der Waals surface area contributed by atoms with E-state index >= 15 is 0 Å². The summed E-state index contributed by atoms with van der Waals surface area (Å²) in [6.45, 7) is 1.92. The first-order chi connectivity index (χ1) is 11.4. The van der Waals surface area contributed by atoms with Crippen molar-refractivity contribution in [3.63, 3.8) is 0 Å². The van der Waals surface area contributed by atoms with E-state index < -0.39 is 18.0 Å². The van der Waals surface area contributed by atoms with Gasteiger partial charge in [0.05, 0.1) is 5.02 Å². The van der Waals surface area contributed by atoms with E-state index in [0.29, 0.717) is 10.0 Å². The van der Waals surface area contributed by atoms with Crippen molar-refractivity contribution in [1.29, 1.82) is 0 Å². The number of urea groups is 1. The number of hydrogen-bond donors (Lipinski definition) is 3. The topological polar surface area (TPSA) is 88.8 Å². The van der Waals surface area contributed by atoms with Gasteiger partial charge in [0.15, 0.2) is 6.04 Å². The molecule has 2 atom stereocenters. The molecule has 5 nitrogen and oxygen atoms in total. The molecule has 0 fully saturated rings. The Balaban J connectivity index is 2.27. The van der Waals surface area contributed by atoms with E-state index in [4.69, 9.17) is 28.9 Å². The van der Waals surface area contributed by atoms with E-state index in [-0.39, 0.29) is 6.04 Å². The van der Waals surface area contributed by atoms with Gasteiger partial charge in [-0.25, -0.2) is 4.79 Å². The Labute approximate surface area is 150 Å². The summed E-state index contributed by atoms with van der Waals surface area (Å²) in [5.41, 5.74) is 6.67. The first-order valence-electron chi connectivity index (χ1n) is 7.33. The molecule has 0 aromatic heterocycles. The summed E-state index contributed by atoms with van der Waals surface area (Å²) in [5.74, 6) is -0.481. The van der Waals surface area contributed by atoms with Crippen LogP contribution in [-0.4, -0.2) is 11.9 Å². The fourth-order valence-electron chi connectivity index (χ4n) is 2.47. The van der Waals surface area contributed by atoms with Crippen molar-refractivity contribution in [2.45, 2.75) is 19.0 Å².